The van der Waals surface area contributed by atoms with Gasteiger partial charge in [0.25, 0.3) is 0 Å². The Hall–Kier alpha value is -2.75. The fraction of sp³-hybridized carbons (Fsp3) is 0.478. The molecule has 2 fully saturated rings. The van der Waals surface area contributed by atoms with Crippen LogP contribution in [0, 0.1) is 5.92 Å². The van der Waals surface area contributed by atoms with Crippen molar-refractivity contribution in [3.05, 3.63) is 59.0 Å². The predicted molar refractivity (Wildman–Crippen MR) is 109 cm³/mol. The van der Waals surface area contributed by atoms with Crippen molar-refractivity contribution in [2.45, 2.75) is 50.0 Å². The quantitative estimate of drug-likeness (QED) is 0.495. The molecule has 5 nitrogen and oxygen atoms in total. The molecule has 10 heteroatoms. The summed E-state index contributed by atoms with van der Waals surface area (Å²) >= 11 is 0. The van der Waals surface area contributed by atoms with Crippen LogP contribution in [0.15, 0.2) is 36.5 Å². The summed E-state index contributed by atoms with van der Waals surface area (Å²) in [6.45, 7) is 0.291. The molecule has 1 spiro atoms. The number of hydrogen-bond donors (Lipinski definition) is 0. The van der Waals surface area contributed by atoms with E-state index in [1.54, 1.807) is 23.2 Å². The van der Waals surface area contributed by atoms with Crippen LogP contribution in [0.25, 0.3) is 5.65 Å². The lowest BCUT2D eigenvalue weighted by molar-refractivity contribution is -0.293. The first-order valence-electron chi connectivity index (χ1n) is 11.0. The Labute approximate surface area is 186 Å². The number of ether oxygens (including phenoxy) is 1. The first-order valence-corrected chi connectivity index (χ1v) is 11.0. The first-order chi connectivity index (χ1) is 15.7. The molecule has 1 saturated heterocycles. The van der Waals surface area contributed by atoms with Gasteiger partial charge in [0.05, 0.1) is 11.3 Å². The highest BCUT2D eigenvalue weighted by Gasteiger charge is 2.56. The van der Waals surface area contributed by atoms with Crippen molar-refractivity contribution in [3.8, 4) is 0 Å². The molecule has 1 aliphatic carbocycles. The van der Waals surface area contributed by atoms with E-state index in [4.69, 9.17) is 4.74 Å². The molecule has 6 rings (SSSR count). The van der Waals surface area contributed by atoms with Gasteiger partial charge >= 0.3 is 12.3 Å². The average molecular weight is 464 g/mol. The van der Waals surface area contributed by atoms with Crippen molar-refractivity contribution < 1.29 is 26.7 Å². The van der Waals surface area contributed by atoms with E-state index in [0.717, 1.165) is 12.8 Å². The summed E-state index contributed by atoms with van der Waals surface area (Å²) in [7, 11) is 0. The van der Waals surface area contributed by atoms with E-state index < -0.39 is 23.4 Å². The molecule has 3 aliphatic rings. The number of benzene rings is 1. The molecule has 2 aliphatic heterocycles. The van der Waals surface area contributed by atoms with Gasteiger partial charge in [-0.1, -0.05) is 18.2 Å². The summed E-state index contributed by atoms with van der Waals surface area (Å²) < 4.78 is 78.1. The molecule has 0 N–H and O–H groups in total. The van der Waals surface area contributed by atoms with Gasteiger partial charge in [-0.05, 0) is 49.3 Å². The molecule has 1 aromatic carbocycles. The maximum Gasteiger partial charge on any atom is 0.422 e. The molecule has 3 aromatic rings. The Morgan fingerprint density at radius 3 is 2.36 bits per heavy atom. The number of alkyl halides is 5. The van der Waals surface area contributed by atoms with Crippen molar-refractivity contribution >= 4 is 11.3 Å². The summed E-state index contributed by atoms with van der Waals surface area (Å²) in [5.74, 6) is 0.984. The third kappa shape index (κ3) is 3.29. The molecular formula is C23H21F5N4O. The molecule has 0 radical (unpaired) electrons. The molecule has 0 bridgehead atoms. The third-order valence-electron chi connectivity index (χ3n) is 7.05. The van der Waals surface area contributed by atoms with Gasteiger partial charge in [-0.3, -0.25) is 4.40 Å². The van der Waals surface area contributed by atoms with Crippen molar-refractivity contribution in [1.29, 1.82) is 0 Å². The number of rotatable bonds is 3. The predicted octanol–water partition coefficient (Wildman–Crippen LogP) is 5.28. The molecule has 174 valence electrons. The highest BCUT2D eigenvalue weighted by Crippen LogP contribution is 2.54. The monoisotopic (exact) mass is 464 g/mol. The van der Waals surface area contributed by atoms with Gasteiger partial charge < -0.3 is 9.64 Å². The molecule has 0 amide bonds. The molecule has 2 aromatic heterocycles. The van der Waals surface area contributed by atoms with Crippen molar-refractivity contribution in [1.82, 2.24) is 14.6 Å². The lowest BCUT2D eigenvalue weighted by Crippen LogP contribution is -2.44. The van der Waals surface area contributed by atoms with Gasteiger partial charge in [0.2, 0.25) is 0 Å². The Morgan fingerprint density at radius 1 is 1.00 bits per heavy atom. The highest BCUT2D eigenvalue weighted by molar-refractivity contribution is 5.67. The summed E-state index contributed by atoms with van der Waals surface area (Å²) in [5, 5.41) is 7.91. The van der Waals surface area contributed by atoms with Gasteiger partial charge in [-0.2, -0.15) is 22.0 Å². The van der Waals surface area contributed by atoms with Gasteiger partial charge in [-0.25, -0.2) is 0 Å². The van der Waals surface area contributed by atoms with Gasteiger partial charge in [0.1, 0.15) is 17.0 Å². The maximum atomic E-state index is 14.5. The van der Waals surface area contributed by atoms with Crippen LogP contribution in [0.1, 0.15) is 48.2 Å². The minimum Gasteiger partial charge on any atom is -0.371 e. The van der Waals surface area contributed by atoms with Crippen LogP contribution in [0.2, 0.25) is 0 Å². The number of halogens is 5. The minimum atomic E-state index is -4.64. The minimum absolute atomic E-state index is 0.00624. The second-order valence-corrected chi connectivity index (χ2v) is 9.18. The molecule has 33 heavy (non-hydrogen) atoms. The fourth-order valence-corrected chi connectivity index (χ4v) is 5.22. The zero-order valence-corrected chi connectivity index (χ0v) is 17.6. The van der Waals surface area contributed by atoms with Crippen molar-refractivity contribution in [2.24, 2.45) is 5.92 Å². The largest absolute Gasteiger partial charge is 0.422 e. The maximum absolute atomic E-state index is 14.5. The van der Waals surface area contributed by atoms with E-state index in [1.165, 1.54) is 22.6 Å². The average Bonchev–Trinajstić information content (AvgIpc) is 3.46. The normalized spacial score (nSPS) is 21.7. The van der Waals surface area contributed by atoms with Crippen LogP contribution >= 0.6 is 0 Å². The van der Waals surface area contributed by atoms with E-state index in [9.17, 15) is 22.0 Å². The summed E-state index contributed by atoms with van der Waals surface area (Å²) in [5.41, 5.74) is -2.01. The van der Waals surface area contributed by atoms with Crippen molar-refractivity contribution in [2.75, 3.05) is 18.0 Å². The summed E-state index contributed by atoms with van der Waals surface area (Å²) in [6.07, 6.45) is -3.44. The van der Waals surface area contributed by atoms with Crippen LogP contribution in [-0.2, 0) is 29.0 Å². The number of anilines is 1. The number of pyridine rings is 1. The number of nitrogens with zero attached hydrogens (tertiary/aromatic N) is 4. The number of piperidine rings is 1. The van der Waals surface area contributed by atoms with E-state index in [1.807, 2.05) is 0 Å². The Bertz CT molecular complexity index is 1230. The highest BCUT2D eigenvalue weighted by atomic mass is 19.4. The number of aromatic nitrogens is 3. The number of hydrogen-bond acceptors (Lipinski definition) is 4. The van der Waals surface area contributed by atoms with Crippen LogP contribution < -0.4 is 4.90 Å². The van der Waals surface area contributed by atoms with Crippen LogP contribution in [0.5, 0.6) is 0 Å². The third-order valence-corrected chi connectivity index (χ3v) is 7.05. The topological polar surface area (TPSA) is 42.7 Å². The SMILES string of the molecule is FC(F)(F)c1c(N2CCC3(CC2)OC(F)(F)c2ccccc23)ccn2c(CC3CC3)nnc12. The molecule has 0 atom stereocenters. The van der Waals surface area contributed by atoms with Crippen LogP contribution in [0.4, 0.5) is 27.6 Å². The Morgan fingerprint density at radius 2 is 1.70 bits per heavy atom. The Kier molecular flexibility index (Phi) is 4.34. The molecule has 0 unspecified atom stereocenters. The zero-order valence-electron chi connectivity index (χ0n) is 17.6. The van der Waals surface area contributed by atoms with Gasteiger partial charge in [0.15, 0.2) is 5.65 Å². The Balaban J connectivity index is 1.34. The summed E-state index contributed by atoms with van der Waals surface area (Å²) in [4.78, 5) is 1.59. The summed E-state index contributed by atoms with van der Waals surface area (Å²) in [6, 6.07) is 7.61. The van der Waals surface area contributed by atoms with E-state index in [-0.39, 0.29) is 42.8 Å². The molecule has 1 saturated carbocycles. The number of fused-ring (bicyclic) bond motifs is 3. The smallest absolute Gasteiger partial charge is 0.371 e. The first kappa shape index (κ1) is 20.8. The molecular weight excluding hydrogens is 443 g/mol. The zero-order chi connectivity index (χ0) is 23.0. The van der Waals surface area contributed by atoms with Gasteiger partial charge in [0, 0.05) is 25.7 Å². The second kappa shape index (κ2) is 6.88. The lowest BCUT2D eigenvalue weighted by Gasteiger charge is -2.41. The van der Waals surface area contributed by atoms with E-state index >= 15 is 0 Å². The van der Waals surface area contributed by atoms with Crippen LogP contribution in [0.3, 0.4) is 0 Å². The standard InChI is InChI=1S/C23H21F5N4O/c24-22(25,26)19-17(7-10-32-18(13-14-5-6-14)29-30-20(19)32)31-11-8-21(9-12-31)15-3-1-2-4-16(15)23(27,28)33-21/h1-4,7,10,14H,5-6,8-9,11-13H2. The van der Waals surface area contributed by atoms with E-state index in [2.05, 4.69) is 10.2 Å². The van der Waals surface area contributed by atoms with Gasteiger partial charge in [-0.15, -0.1) is 10.2 Å². The fourth-order valence-electron chi connectivity index (χ4n) is 5.22. The lowest BCUT2D eigenvalue weighted by atomic mass is 9.83. The molecule has 4 heterocycles. The van der Waals surface area contributed by atoms with Crippen LogP contribution in [-0.4, -0.2) is 27.7 Å². The van der Waals surface area contributed by atoms with Crippen molar-refractivity contribution in [3.63, 3.8) is 0 Å². The second-order valence-electron chi connectivity index (χ2n) is 9.18. The van der Waals surface area contributed by atoms with E-state index in [0.29, 0.717) is 23.7 Å².